The summed E-state index contributed by atoms with van der Waals surface area (Å²) < 4.78 is 26.0. The number of benzene rings is 1. The second-order valence-electron chi connectivity index (χ2n) is 4.53. The normalized spacial score (nSPS) is 10.4. The molecule has 2 rings (SSSR count). The molecule has 5 nitrogen and oxygen atoms in total. The summed E-state index contributed by atoms with van der Waals surface area (Å²) in [7, 11) is 0. The Morgan fingerprint density at radius 3 is 2.32 bits per heavy atom. The minimum atomic E-state index is -0.960. The number of amides is 1. The Morgan fingerprint density at radius 2 is 1.77 bits per heavy atom. The summed E-state index contributed by atoms with van der Waals surface area (Å²) in [6.45, 7) is 4.98. The minimum Gasteiger partial charge on any atom is -0.339 e. The Morgan fingerprint density at radius 1 is 1.14 bits per heavy atom. The number of halogens is 2. The SMILES string of the molecule is CCN(CC)C(=O)c1cnc(Nc2ccc(F)c(F)c2)nc1. The third kappa shape index (κ3) is 3.55. The van der Waals surface area contributed by atoms with Crippen molar-refractivity contribution in [1.82, 2.24) is 14.9 Å². The average molecular weight is 306 g/mol. The highest BCUT2D eigenvalue weighted by atomic mass is 19.2. The number of nitrogens with zero attached hydrogens (tertiary/aromatic N) is 3. The van der Waals surface area contributed by atoms with E-state index >= 15 is 0 Å². The predicted octanol–water partition coefficient (Wildman–Crippen LogP) is 2.98. The third-order valence-electron chi connectivity index (χ3n) is 3.13. The van der Waals surface area contributed by atoms with Crippen LogP contribution in [0.5, 0.6) is 0 Å². The molecule has 22 heavy (non-hydrogen) atoms. The Hall–Kier alpha value is -2.57. The van der Waals surface area contributed by atoms with Crippen LogP contribution >= 0.6 is 0 Å². The van der Waals surface area contributed by atoms with Crippen LogP contribution in [0.15, 0.2) is 30.6 Å². The number of nitrogens with one attached hydrogen (secondary N) is 1. The van der Waals surface area contributed by atoms with Crippen LogP contribution in [0.4, 0.5) is 20.4 Å². The number of hydrogen-bond acceptors (Lipinski definition) is 4. The summed E-state index contributed by atoms with van der Waals surface area (Å²) >= 11 is 0. The van der Waals surface area contributed by atoms with E-state index in [1.807, 2.05) is 13.8 Å². The zero-order valence-electron chi connectivity index (χ0n) is 12.3. The topological polar surface area (TPSA) is 58.1 Å². The molecule has 116 valence electrons. The van der Waals surface area contributed by atoms with E-state index in [0.29, 0.717) is 24.3 Å². The fraction of sp³-hybridized carbons (Fsp3) is 0.267. The van der Waals surface area contributed by atoms with Gasteiger partial charge in [0.25, 0.3) is 5.91 Å². The minimum absolute atomic E-state index is 0.149. The smallest absolute Gasteiger partial charge is 0.256 e. The molecule has 1 heterocycles. The van der Waals surface area contributed by atoms with Crippen LogP contribution < -0.4 is 5.32 Å². The van der Waals surface area contributed by atoms with Gasteiger partial charge in [-0.05, 0) is 26.0 Å². The molecule has 1 N–H and O–H groups in total. The van der Waals surface area contributed by atoms with E-state index in [1.165, 1.54) is 18.5 Å². The summed E-state index contributed by atoms with van der Waals surface area (Å²) in [4.78, 5) is 21.8. The van der Waals surface area contributed by atoms with Gasteiger partial charge in [0.2, 0.25) is 5.95 Å². The highest BCUT2D eigenvalue weighted by molar-refractivity contribution is 5.93. The van der Waals surface area contributed by atoms with Crippen molar-refractivity contribution in [3.8, 4) is 0 Å². The van der Waals surface area contributed by atoms with Gasteiger partial charge in [-0.2, -0.15) is 0 Å². The zero-order valence-corrected chi connectivity index (χ0v) is 12.3. The van der Waals surface area contributed by atoms with Gasteiger partial charge < -0.3 is 10.2 Å². The lowest BCUT2D eigenvalue weighted by Gasteiger charge is -2.18. The molecular weight excluding hydrogens is 290 g/mol. The molecule has 0 atom stereocenters. The van der Waals surface area contributed by atoms with Gasteiger partial charge in [-0.3, -0.25) is 4.79 Å². The molecule has 1 amide bonds. The maximum Gasteiger partial charge on any atom is 0.256 e. The van der Waals surface area contributed by atoms with Gasteiger partial charge in [-0.1, -0.05) is 0 Å². The molecule has 0 unspecified atom stereocenters. The molecule has 0 spiro atoms. The summed E-state index contributed by atoms with van der Waals surface area (Å²) in [6.07, 6.45) is 2.80. The van der Waals surface area contributed by atoms with Crippen LogP contribution in [-0.2, 0) is 0 Å². The van der Waals surface area contributed by atoms with Crippen molar-refractivity contribution in [2.75, 3.05) is 18.4 Å². The van der Waals surface area contributed by atoms with Crippen molar-refractivity contribution in [2.45, 2.75) is 13.8 Å². The lowest BCUT2D eigenvalue weighted by Crippen LogP contribution is -2.30. The Balaban J connectivity index is 2.11. The molecule has 0 aliphatic rings. The standard InChI is InChI=1S/C15H16F2N4O/c1-3-21(4-2)14(22)10-8-18-15(19-9-10)20-11-5-6-12(16)13(17)7-11/h5-9H,3-4H2,1-2H3,(H,18,19,20). The first-order chi connectivity index (χ1) is 10.5. The Kier molecular flexibility index (Phi) is 4.98. The molecule has 1 aromatic heterocycles. The van der Waals surface area contributed by atoms with Crippen LogP contribution in [0.2, 0.25) is 0 Å². The first-order valence-corrected chi connectivity index (χ1v) is 6.88. The number of aromatic nitrogens is 2. The van der Waals surface area contributed by atoms with Gasteiger partial charge in [-0.15, -0.1) is 0 Å². The first kappa shape index (κ1) is 15.8. The lowest BCUT2D eigenvalue weighted by atomic mass is 10.3. The quantitative estimate of drug-likeness (QED) is 0.922. The van der Waals surface area contributed by atoms with Crippen molar-refractivity contribution in [2.24, 2.45) is 0 Å². The molecule has 0 radical (unpaired) electrons. The molecule has 0 fully saturated rings. The van der Waals surface area contributed by atoms with Gasteiger partial charge in [0.15, 0.2) is 11.6 Å². The summed E-state index contributed by atoms with van der Waals surface area (Å²) in [5.74, 6) is -1.84. The van der Waals surface area contributed by atoms with Gasteiger partial charge in [0.1, 0.15) is 0 Å². The number of carbonyl (C=O) groups excluding carboxylic acids is 1. The molecule has 7 heteroatoms. The molecule has 2 aromatic rings. The van der Waals surface area contributed by atoms with E-state index in [1.54, 1.807) is 4.90 Å². The maximum absolute atomic E-state index is 13.1. The number of rotatable bonds is 5. The van der Waals surface area contributed by atoms with Crippen LogP contribution in [0.1, 0.15) is 24.2 Å². The van der Waals surface area contributed by atoms with Crippen LogP contribution in [0, 0.1) is 11.6 Å². The van der Waals surface area contributed by atoms with E-state index in [9.17, 15) is 13.6 Å². The maximum atomic E-state index is 13.1. The molecule has 0 saturated carbocycles. The Bertz CT molecular complexity index is 657. The highest BCUT2D eigenvalue weighted by Crippen LogP contribution is 2.16. The lowest BCUT2D eigenvalue weighted by molar-refractivity contribution is 0.0772. The van der Waals surface area contributed by atoms with E-state index in [0.717, 1.165) is 12.1 Å². The van der Waals surface area contributed by atoms with Crippen LogP contribution in [0.25, 0.3) is 0 Å². The van der Waals surface area contributed by atoms with Crippen molar-refractivity contribution >= 4 is 17.5 Å². The fourth-order valence-corrected chi connectivity index (χ4v) is 1.90. The Labute approximate surface area is 127 Å². The number of anilines is 2. The molecule has 0 aliphatic carbocycles. The number of carbonyl (C=O) groups is 1. The average Bonchev–Trinajstić information content (AvgIpc) is 2.53. The monoisotopic (exact) mass is 306 g/mol. The fourth-order valence-electron chi connectivity index (χ4n) is 1.90. The van der Waals surface area contributed by atoms with Crippen molar-refractivity contribution in [1.29, 1.82) is 0 Å². The van der Waals surface area contributed by atoms with Crippen molar-refractivity contribution in [3.05, 3.63) is 47.8 Å². The van der Waals surface area contributed by atoms with E-state index in [4.69, 9.17) is 0 Å². The van der Waals surface area contributed by atoms with Gasteiger partial charge in [0, 0.05) is 37.2 Å². The van der Waals surface area contributed by atoms with Gasteiger partial charge in [-0.25, -0.2) is 18.7 Å². The predicted molar refractivity (Wildman–Crippen MR) is 78.9 cm³/mol. The van der Waals surface area contributed by atoms with Crippen molar-refractivity contribution < 1.29 is 13.6 Å². The van der Waals surface area contributed by atoms with Gasteiger partial charge in [0.05, 0.1) is 5.56 Å². The molecule has 1 aromatic carbocycles. The second-order valence-corrected chi connectivity index (χ2v) is 4.53. The van der Waals surface area contributed by atoms with Gasteiger partial charge >= 0.3 is 0 Å². The highest BCUT2D eigenvalue weighted by Gasteiger charge is 2.13. The van der Waals surface area contributed by atoms with E-state index < -0.39 is 11.6 Å². The van der Waals surface area contributed by atoms with E-state index in [-0.39, 0.29) is 11.9 Å². The molecular formula is C15H16F2N4O. The molecule has 0 bridgehead atoms. The zero-order chi connectivity index (χ0) is 16.1. The van der Waals surface area contributed by atoms with E-state index in [2.05, 4.69) is 15.3 Å². The second kappa shape index (κ2) is 6.93. The first-order valence-electron chi connectivity index (χ1n) is 6.88. The van der Waals surface area contributed by atoms with Crippen LogP contribution in [0.3, 0.4) is 0 Å². The summed E-state index contributed by atoms with van der Waals surface area (Å²) in [5, 5.41) is 2.74. The number of hydrogen-bond donors (Lipinski definition) is 1. The van der Waals surface area contributed by atoms with Crippen LogP contribution in [-0.4, -0.2) is 33.9 Å². The summed E-state index contributed by atoms with van der Waals surface area (Å²) in [5.41, 5.74) is 0.696. The van der Waals surface area contributed by atoms with Crippen molar-refractivity contribution in [3.63, 3.8) is 0 Å². The largest absolute Gasteiger partial charge is 0.339 e. The molecule has 0 aliphatic heterocycles. The third-order valence-corrected chi connectivity index (χ3v) is 3.13. The summed E-state index contributed by atoms with van der Waals surface area (Å²) in [6, 6.07) is 3.39. The molecule has 0 saturated heterocycles.